The number of aliphatic carboxylic acids is 2. The minimum absolute atomic E-state index is 0.0354. The zero-order valence-electron chi connectivity index (χ0n) is 14.7. The fourth-order valence-electron chi connectivity index (χ4n) is 1.01. The number of hydrogen-bond donors (Lipinski definition) is 6. The summed E-state index contributed by atoms with van der Waals surface area (Å²) in [4.78, 5) is 29.4. The monoisotopic (exact) mass is 351 g/mol. The SMILES string of the molecule is CCC(N)N.CCCC(=O)O.O=C(O)CCCO.O=C1CCCN1. The largest absolute Gasteiger partial charge is 0.481 e. The van der Waals surface area contributed by atoms with E-state index in [1.54, 1.807) is 0 Å². The predicted octanol–water partition coefficient (Wildman–Crippen LogP) is 0.251. The molecule has 0 aromatic heterocycles. The van der Waals surface area contributed by atoms with Crippen molar-refractivity contribution in [2.24, 2.45) is 11.5 Å². The highest BCUT2D eigenvalue weighted by molar-refractivity contribution is 5.77. The second kappa shape index (κ2) is 21.3. The van der Waals surface area contributed by atoms with Crippen molar-refractivity contribution in [3.63, 3.8) is 0 Å². The van der Waals surface area contributed by atoms with Gasteiger partial charge >= 0.3 is 11.9 Å². The number of carboxylic acids is 2. The van der Waals surface area contributed by atoms with Crippen LogP contribution in [-0.4, -0.2) is 52.5 Å². The first-order valence-electron chi connectivity index (χ1n) is 8.03. The zero-order valence-corrected chi connectivity index (χ0v) is 14.7. The summed E-state index contributed by atoms with van der Waals surface area (Å²) in [6.07, 6.45) is 3.95. The van der Waals surface area contributed by atoms with Crippen molar-refractivity contribution >= 4 is 17.8 Å². The third-order valence-electron chi connectivity index (χ3n) is 2.39. The maximum Gasteiger partial charge on any atom is 0.303 e. The highest BCUT2D eigenvalue weighted by atomic mass is 16.4. The fourth-order valence-corrected chi connectivity index (χ4v) is 1.01. The summed E-state index contributed by atoms with van der Waals surface area (Å²) in [6, 6.07) is 0. The standard InChI is InChI=1S/C4H7NO.C4H8O3.C4H8O2.C3H10N2/c6-4-2-1-3-5-4;5-3-1-2-4(6)7;1-2-3-4(5)6;1-2-3(4)5/h1-3H2,(H,5,6);5H,1-3H2,(H,6,7);2-3H2,1H3,(H,5,6);3H,2,4-5H2,1H3. The van der Waals surface area contributed by atoms with Crippen LogP contribution in [0.3, 0.4) is 0 Å². The van der Waals surface area contributed by atoms with Crippen LogP contribution in [-0.2, 0) is 14.4 Å². The van der Waals surface area contributed by atoms with Gasteiger partial charge in [-0.1, -0.05) is 13.8 Å². The normalized spacial score (nSPS) is 11.8. The molecule has 1 aliphatic rings. The lowest BCUT2D eigenvalue weighted by atomic mass is 10.3. The number of aliphatic hydroxyl groups excluding tert-OH is 1. The van der Waals surface area contributed by atoms with E-state index in [1.165, 1.54) is 0 Å². The molecule has 1 amide bonds. The Morgan fingerprint density at radius 1 is 1.17 bits per heavy atom. The number of aliphatic hydroxyl groups is 1. The summed E-state index contributed by atoms with van der Waals surface area (Å²) in [5.41, 5.74) is 10.1. The summed E-state index contributed by atoms with van der Waals surface area (Å²) < 4.78 is 0. The molecule has 0 atom stereocenters. The van der Waals surface area contributed by atoms with Gasteiger partial charge in [0.05, 0.1) is 6.17 Å². The van der Waals surface area contributed by atoms with Gasteiger partial charge in [-0.2, -0.15) is 0 Å². The van der Waals surface area contributed by atoms with Gasteiger partial charge in [-0.15, -0.1) is 0 Å². The molecule has 1 rings (SSSR count). The lowest BCUT2D eigenvalue weighted by Crippen LogP contribution is -2.28. The Morgan fingerprint density at radius 2 is 1.67 bits per heavy atom. The molecule has 0 spiro atoms. The van der Waals surface area contributed by atoms with E-state index in [-0.39, 0.29) is 25.1 Å². The average Bonchev–Trinajstić information content (AvgIpc) is 2.98. The minimum atomic E-state index is -0.853. The quantitative estimate of drug-likeness (QED) is 0.369. The van der Waals surface area contributed by atoms with Crippen molar-refractivity contribution in [3.8, 4) is 0 Å². The molecule has 0 aliphatic carbocycles. The second-order valence-corrected chi connectivity index (χ2v) is 4.89. The summed E-state index contributed by atoms with van der Waals surface area (Å²) in [5, 5.41) is 26.6. The van der Waals surface area contributed by atoms with Crippen LogP contribution in [0.4, 0.5) is 0 Å². The number of carboxylic acid groups (broad SMARTS) is 2. The van der Waals surface area contributed by atoms with Crippen LogP contribution in [0.15, 0.2) is 0 Å². The van der Waals surface area contributed by atoms with Crippen molar-refractivity contribution in [3.05, 3.63) is 0 Å². The number of carbonyl (C=O) groups excluding carboxylic acids is 1. The Morgan fingerprint density at radius 3 is 1.75 bits per heavy atom. The fraction of sp³-hybridized carbons (Fsp3) is 0.800. The molecule has 0 bridgehead atoms. The summed E-state index contributed by atoms with van der Waals surface area (Å²) in [5.74, 6) is -1.36. The van der Waals surface area contributed by atoms with Crippen LogP contribution in [0.2, 0.25) is 0 Å². The molecule has 0 saturated carbocycles. The van der Waals surface area contributed by atoms with Crippen LogP contribution >= 0.6 is 0 Å². The summed E-state index contributed by atoms with van der Waals surface area (Å²) in [6.45, 7) is 4.64. The third kappa shape index (κ3) is 37.0. The van der Waals surface area contributed by atoms with Crippen LogP contribution < -0.4 is 16.8 Å². The van der Waals surface area contributed by atoms with Crippen molar-refractivity contribution in [1.29, 1.82) is 0 Å². The van der Waals surface area contributed by atoms with E-state index in [4.69, 9.17) is 26.8 Å². The van der Waals surface area contributed by atoms with Crippen LogP contribution in [0.5, 0.6) is 0 Å². The Labute approximate surface area is 143 Å². The first-order chi connectivity index (χ1) is 11.2. The molecule has 0 aromatic carbocycles. The highest BCUT2D eigenvalue weighted by Gasteiger charge is 2.05. The van der Waals surface area contributed by atoms with Crippen LogP contribution in [0, 0.1) is 0 Å². The topological polar surface area (TPSA) is 176 Å². The van der Waals surface area contributed by atoms with Crippen molar-refractivity contribution < 1.29 is 29.7 Å². The molecule has 24 heavy (non-hydrogen) atoms. The molecule has 144 valence electrons. The number of nitrogens with one attached hydrogen (secondary N) is 1. The van der Waals surface area contributed by atoms with Crippen molar-refractivity contribution in [2.45, 2.75) is 65.0 Å². The maximum absolute atomic E-state index is 10.1. The number of nitrogens with two attached hydrogens (primary N) is 2. The second-order valence-electron chi connectivity index (χ2n) is 4.89. The molecular weight excluding hydrogens is 318 g/mol. The molecule has 0 radical (unpaired) electrons. The van der Waals surface area contributed by atoms with Gasteiger partial charge < -0.3 is 32.1 Å². The number of carbonyl (C=O) groups is 3. The van der Waals surface area contributed by atoms with Crippen molar-refractivity contribution in [1.82, 2.24) is 5.32 Å². The Kier molecular flexibility index (Phi) is 24.1. The Hall–Kier alpha value is -1.71. The van der Waals surface area contributed by atoms with Gasteiger partial charge in [0.25, 0.3) is 0 Å². The summed E-state index contributed by atoms with van der Waals surface area (Å²) >= 11 is 0. The predicted molar refractivity (Wildman–Crippen MR) is 91.2 cm³/mol. The van der Waals surface area contributed by atoms with E-state index >= 15 is 0 Å². The number of amides is 1. The first-order valence-corrected chi connectivity index (χ1v) is 8.03. The van der Waals surface area contributed by atoms with Gasteiger partial charge in [-0.25, -0.2) is 0 Å². The number of rotatable bonds is 6. The first kappa shape index (κ1) is 27.2. The molecule has 0 unspecified atom stereocenters. The molecule has 8 N–H and O–H groups in total. The Bertz CT molecular complexity index is 316. The van der Waals surface area contributed by atoms with Gasteiger partial charge in [0.1, 0.15) is 0 Å². The third-order valence-corrected chi connectivity index (χ3v) is 2.39. The lowest BCUT2D eigenvalue weighted by molar-refractivity contribution is -0.138. The van der Waals surface area contributed by atoms with E-state index in [9.17, 15) is 14.4 Å². The smallest absolute Gasteiger partial charge is 0.303 e. The molecule has 0 aromatic rings. The maximum atomic E-state index is 10.1. The van der Waals surface area contributed by atoms with E-state index in [2.05, 4.69) is 5.32 Å². The van der Waals surface area contributed by atoms with E-state index in [1.807, 2.05) is 13.8 Å². The summed E-state index contributed by atoms with van der Waals surface area (Å²) in [7, 11) is 0. The van der Waals surface area contributed by atoms with E-state index in [0.717, 1.165) is 32.2 Å². The van der Waals surface area contributed by atoms with Gasteiger partial charge in [0, 0.05) is 32.4 Å². The molecule has 9 nitrogen and oxygen atoms in total. The molecule has 1 heterocycles. The van der Waals surface area contributed by atoms with Gasteiger partial charge in [0.2, 0.25) is 5.91 Å². The van der Waals surface area contributed by atoms with Crippen LogP contribution in [0.1, 0.15) is 58.8 Å². The van der Waals surface area contributed by atoms with Crippen LogP contribution in [0.25, 0.3) is 0 Å². The molecule has 1 saturated heterocycles. The lowest BCUT2D eigenvalue weighted by Gasteiger charge is -1.92. The van der Waals surface area contributed by atoms with E-state index in [0.29, 0.717) is 12.8 Å². The molecule has 1 fully saturated rings. The van der Waals surface area contributed by atoms with Crippen molar-refractivity contribution in [2.75, 3.05) is 13.2 Å². The molecular formula is C15H33N3O6. The van der Waals surface area contributed by atoms with Gasteiger partial charge in [-0.05, 0) is 25.7 Å². The van der Waals surface area contributed by atoms with E-state index < -0.39 is 11.9 Å². The molecule has 9 heteroatoms. The van der Waals surface area contributed by atoms with Gasteiger partial charge in [0.15, 0.2) is 0 Å². The number of hydrogen-bond acceptors (Lipinski definition) is 6. The zero-order chi connectivity index (χ0) is 19.4. The van der Waals surface area contributed by atoms with Gasteiger partial charge in [-0.3, -0.25) is 14.4 Å². The molecule has 1 aliphatic heterocycles. The Balaban J connectivity index is -0.000000247. The minimum Gasteiger partial charge on any atom is -0.481 e. The average molecular weight is 351 g/mol. The highest BCUT2D eigenvalue weighted by Crippen LogP contribution is 1.93.